The molecule has 0 bridgehead atoms. The van der Waals surface area contributed by atoms with Crippen LogP contribution in [0, 0.1) is 0 Å². The summed E-state index contributed by atoms with van der Waals surface area (Å²) in [5, 5.41) is 9.78. The number of aromatic nitrogens is 3. The van der Waals surface area contributed by atoms with E-state index >= 15 is 0 Å². The van der Waals surface area contributed by atoms with Gasteiger partial charge in [0.2, 0.25) is 5.88 Å². The molecule has 0 amide bonds. The van der Waals surface area contributed by atoms with E-state index < -0.39 is 0 Å². The highest BCUT2D eigenvalue weighted by molar-refractivity contribution is 5.27. The molecule has 2 aromatic rings. The van der Waals surface area contributed by atoms with Crippen LogP contribution < -0.4 is 5.56 Å². The summed E-state index contributed by atoms with van der Waals surface area (Å²) in [6.45, 7) is 3.68. The summed E-state index contributed by atoms with van der Waals surface area (Å²) in [6.07, 6.45) is 3.81. The fourth-order valence-corrected chi connectivity index (χ4v) is 1.81. The van der Waals surface area contributed by atoms with Gasteiger partial charge in [-0.1, -0.05) is 13.8 Å². The molecule has 0 aliphatic rings. The molecular formula is C13H15N3O2. The molecule has 0 aliphatic heterocycles. The predicted octanol–water partition coefficient (Wildman–Crippen LogP) is 1.58. The largest absolute Gasteiger partial charge is 0.493 e. The molecule has 0 aliphatic carbocycles. The Hall–Kier alpha value is -2.17. The third-order valence-electron chi connectivity index (χ3n) is 2.68. The van der Waals surface area contributed by atoms with Gasteiger partial charge in [-0.15, -0.1) is 0 Å². The lowest BCUT2D eigenvalue weighted by molar-refractivity contribution is 0.436. The van der Waals surface area contributed by atoms with Crippen LogP contribution >= 0.6 is 0 Å². The zero-order valence-corrected chi connectivity index (χ0v) is 10.3. The number of hydrogen-bond donors (Lipinski definition) is 2. The van der Waals surface area contributed by atoms with Crippen LogP contribution in [-0.2, 0) is 6.42 Å². The first-order valence-electron chi connectivity index (χ1n) is 5.79. The molecule has 5 heteroatoms. The Morgan fingerprint density at radius 3 is 2.56 bits per heavy atom. The van der Waals surface area contributed by atoms with Gasteiger partial charge in [0, 0.05) is 18.8 Å². The van der Waals surface area contributed by atoms with E-state index in [0.29, 0.717) is 17.8 Å². The second-order valence-electron chi connectivity index (χ2n) is 4.44. The van der Waals surface area contributed by atoms with Crippen molar-refractivity contribution in [2.45, 2.75) is 26.2 Å². The number of rotatable bonds is 3. The molecule has 18 heavy (non-hydrogen) atoms. The van der Waals surface area contributed by atoms with Crippen LogP contribution in [-0.4, -0.2) is 20.1 Å². The van der Waals surface area contributed by atoms with Crippen molar-refractivity contribution in [1.29, 1.82) is 0 Å². The average molecular weight is 245 g/mol. The Kier molecular flexibility index (Phi) is 3.41. The number of hydrogen-bond acceptors (Lipinski definition) is 4. The molecule has 0 saturated carbocycles. The van der Waals surface area contributed by atoms with Gasteiger partial charge < -0.3 is 10.1 Å². The standard InChI is InChI=1S/C13H15N3O2/c1-8(2)11-12(17)15-10(16-13(11)18)7-9-3-5-14-6-4-9/h3-6,8H,7H2,1-2H3,(H2,15,16,17,18). The monoisotopic (exact) mass is 245 g/mol. The lowest BCUT2D eigenvalue weighted by atomic mass is 10.1. The first kappa shape index (κ1) is 12.3. The van der Waals surface area contributed by atoms with Crippen LogP contribution in [0.4, 0.5) is 0 Å². The van der Waals surface area contributed by atoms with Crippen LogP contribution in [0.2, 0.25) is 0 Å². The van der Waals surface area contributed by atoms with Gasteiger partial charge in [0.25, 0.3) is 5.56 Å². The minimum Gasteiger partial charge on any atom is -0.493 e. The topological polar surface area (TPSA) is 78.9 Å². The van der Waals surface area contributed by atoms with Crippen LogP contribution in [0.25, 0.3) is 0 Å². The first-order chi connectivity index (χ1) is 8.58. The maximum absolute atomic E-state index is 11.8. The average Bonchev–Trinajstić information content (AvgIpc) is 2.28. The van der Waals surface area contributed by atoms with Crippen molar-refractivity contribution in [2.24, 2.45) is 0 Å². The number of aromatic amines is 1. The number of pyridine rings is 1. The summed E-state index contributed by atoms with van der Waals surface area (Å²) < 4.78 is 0. The van der Waals surface area contributed by atoms with Crippen molar-refractivity contribution >= 4 is 0 Å². The molecule has 0 saturated heterocycles. The molecule has 2 aromatic heterocycles. The highest BCUT2D eigenvalue weighted by atomic mass is 16.3. The molecule has 94 valence electrons. The van der Waals surface area contributed by atoms with E-state index in [1.807, 2.05) is 26.0 Å². The molecule has 0 spiro atoms. The van der Waals surface area contributed by atoms with E-state index in [2.05, 4.69) is 15.0 Å². The maximum Gasteiger partial charge on any atom is 0.258 e. The molecule has 5 nitrogen and oxygen atoms in total. The van der Waals surface area contributed by atoms with E-state index in [1.54, 1.807) is 12.4 Å². The highest BCUT2D eigenvalue weighted by Crippen LogP contribution is 2.18. The summed E-state index contributed by atoms with van der Waals surface area (Å²) >= 11 is 0. The number of aromatic hydroxyl groups is 1. The van der Waals surface area contributed by atoms with Crippen LogP contribution in [0.3, 0.4) is 0 Å². The Morgan fingerprint density at radius 2 is 2.00 bits per heavy atom. The van der Waals surface area contributed by atoms with E-state index in [0.717, 1.165) is 5.56 Å². The van der Waals surface area contributed by atoms with Gasteiger partial charge in [-0.2, -0.15) is 4.98 Å². The molecule has 0 fully saturated rings. The van der Waals surface area contributed by atoms with Crippen molar-refractivity contribution in [3.8, 4) is 5.88 Å². The van der Waals surface area contributed by atoms with Gasteiger partial charge in [-0.05, 0) is 23.6 Å². The van der Waals surface area contributed by atoms with E-state index in [4.69, 9.17) is 0 Å². The number of nitrogens with zero attached hydrogens (tertiary/aromatic N) is 2. The predicted molar refractivity (Wildman–Crippen MR) is 67.7 cm³/mol. The van der Waals surface area contributed by atoms with E-state index in [-0.39, 0.29) is 17.4 Å². The van der Waals surface area contributed by atoms with Crippen molar-refractivity contribution in [3.63, 3.8) is 0 Å². The van der Waals surface area contributed by atoms with E-state index in [1.165, 1.54) is 0 Å². The van der Waals surface area contributed by atoms with Crippen molar-refractivity contribution < 1.29 is 5.11 Å². The molecule has 0 unspecified atom stereocenters. The van der Waals surface area contributed by atoms with E-state index in [9.17, 15) is 9.90 Å². The summed E-state index contributed by atoms with van der Waals surface area (Å²) in [4.78, 5) is 22.5. The minimum atomic E-state index is -0.276. The SMILES string of the molecule is CC(C)c1c(O)nc(Cc2ccncc2)[nH]c1=O. The maximum atomic E-state index is 11.8. The van der Waals surface area contributed by atoms with Crippen molar-refractivity contribution in [3.05, 3.63) is 51.8 Å². The smallest absolute Gasteiger partial charge is 0.258 e. The fraction of sp³-hybridized carbons (Fsp3) is 0.308. The molecule has 2 rings (SSSR count). The van der Waals surface area contributed by atoms with Gasteiger partial charge in [-0.25, -0.2) is 0 Å². The first-order valence-corrected chi connectivity index (χ1v) is 5.79. The molecule has 2 N–H and O–H groups in total. The lowest BCUT2D eigenvalue weighted by Gasteiger charge is -2.08. The third kappa shape index (κ3) is 2.56. The van der Waals surface area contributed by atoms with Crippen molar-refractivity contribution in [2.75, 3.05) is 0 Å². The van der Waals surface area contributed by atoms with Gasteiger partial charge in [0.1, 0.15) is 5.82 Å². The Labute approximate surface area is 105 Å². The van der Waals surface area contributed by atoms with Gasteiger partial charge >= 0.3 is 0 Å². The second-order valence-corrected chi connectivity index (χ2v) is 4.44. The normalized spacial score (nSPS) is 10.8. The zero-order valence-electron chi connectivity index (χ0n) is 10.3. The minimum absolute atomic E-state index is 0.0591. The van der Waals surface area contributed by atoms with Gasteiger partial charge in [0.05, 0.1) is 5.56 Å². The zero-order chi connectivity index (χ0) is 13.1. The third-order valence-corrected chi connectivity index (χ3v) is 2.68. The number of nitrogens with one attached hydrogen (secondary N) is 1. The second kappa shape index (κ2) is 5.00. The van der Waals surface area contributed by atoms with Gasteiger partial charge in [-0.3, -0.25) is 9.78 Å². The molecule has 0 radical (unpaired) electrons. The summed E-state index contributed by atoms with van der Waals surface area (Å²) in [5.74, 6) is 0.210. The molecule has 0 atom stereocenters. The fourth-order valence-electron chi connectivity index (χ4n) is 1.81. The molecular weight excluding hydrogens is 230 g/mol. The van der Waals surface area contributed by atoms with Crippen LogP contribution in [0.5, 0.6) is 5.88 Å². The summed E-state index contributed by atoms with van der Waals surface area (Å²) in [6, 6.07) is 3.68. The summed E-state index contributed by atoms with van der Waals surface area (Å²) in [7, 11) is 0. The lowest BCUT2D eigenvalue weighted by Crippen LogP contribution is -2.18. The van der Waals surface area contributed by atoms with Gasteiger partial charge in [0.15, 0.2) is 0 Å². The molecule has 0 aromatic carbocycles. The Balaban J connectivity index is 2.35. The van der Waals surface area contributed by atoms with Crippen LogP contribution in [0.15, 0.2) is 29.3 Å². The number of H-pyrrole nitrogens is 1. The van der Waals surface area contributed by atoms with Crippen LogP contribution in [0.1, 0.15) is 36.7 Å². The Morgan fingerprint density at radius 1 is 1.33 bits per heavy atom. The highest BCUT2D eigenvalue weighted by Gasteiger charge is 2.13. The molecule has 2 heterocycles. The Bertz CT molecular complexity index is 591. The van der Waals surface area contributed by atoms with Crippen molar-refractivity contribution in [1.82, 2.24) is 15.0 Å². The summed E-state index contributed by atoms with van der Waals surface area (Å²) in [5.41, 5.74) is 1.03. The quantitative estimate of drug-likeness (QED) is 0.860.